The highest BCUT2D eigenvalue weighted by atomic mass is 16.1. The maximum absolute atomic E-state index is 13.0. The summed E-state index contributed by atoms with van der Waals surface area (Å²) >= 11 is 0. The van der Waals surface area contributed by atoms with Gasteiger partial charge in [0, 0.05) is 36.3 Å². The first kappa shape index (κ1) is 23.5. The summed E-state index contributed by atoms with van der Waals surface area (Å²) in [7, 11) is 0. The Balaban J connectivity index is 1.29. The summed E-state index contributed by atoms with van der Waals surface area (Å²) in [5.74, 6) is 1.32. The topological polar surface area (TPSA) is 132 Å². The predicted molar refractivity (Wildman–Crippen MR) is 139 cm³/mol. The summed E-state index contributed by atoms with van der Waals surface area (Å²) < 4.78 is 0. The average molecular weight is 496 g/mol. The highest BCUT2D eigenvalue weighted by Gasteiger charge is 2.46. The fourth-order valence-corrected chi connectivity index (χ4v) is 4.90. The molecule has 9 nitrogen and oxygen atoms in total. The monoisotopic (exact) mass is 495 g/mol. The number of hydrogen-bond donors (Lipinski definition) is 4. The summed E-state index contributed by atoms with van der Waals surface area (Å²) in [5.41, 5.74) is 4.32. The van der Waals surface area contributed by atoms with E-state index in [9.17, 15) is 10.1 Å². The minimum Gasteiger partial charge on any atom is -0.349 e. The van der Waals surface area contributed by atoms with E-state index in [1.807, 2.05) is 32.0 Å². The Labute approximate surface area is 216 Å². The first-order valence-corrected chi connectivity index (χ1v) is 12.9. The van der Waals surface area contributed by atoms with Gasteiger partial charge in [-0.25, -0.2) is 10.3 Å². The van der Waals surface area contributed by atoms with Crippen LogP contribution in [0, 0.1) is 11.3 Å². The summed E-state index contributed by atoms with van der Waals surface area (Å²) in [5, 5.41) is 21.2. The molecule has 2 aliphatic carbocycles. The molecule has 1 aromatic carbocycles. The zero-order valence-corrected chi connectivity index (χ0v) is 21.1. The molecule has 1 aliphatic heterocycles. The number of carbonyl (C=O) groups is 1. The van der Waals surface area contributed by atoms with E-state index in [0.29, 0.717) is 34.3 Å². The van der Waals surface area contributed by atoms with Crippen LogP contribution in [-0.2, 0) is 17.4 Å². The van der Waals surface area contributed by atoms with E-state index >= 15 is 0 Å². The van der Waals surface area contributed by atoms with E-state index in [4.69, 9.17) is 4.98 Å². The number of carbonyl (C=O) groups excluding carboxylic acids is 1. The molecule has 1 spiro atoms. The van der Waals surface area contributed by atoms with Gasteiger partial charge in [-0.1, -0.05) is 12.1 Å². The standard InChI is InChI=1S/C28H30N8O/c1-27(2,15-29)22-4-3-5-23(34-22)35-24-20(25(37)32-18-6-7-18)14-31-26(36-24)33-19-8-9-21-17(12-19)13-30-16-28(21)10-11-28/h3-5,8-9,12,14,18,30H,6-7,10-11,13,16H2,1-2H3,(H,32,37)(H2,31,33,34,35,36)/p+1. The van der Waals surface area contributed by atoms with Crippen LogP contribution >= 0.6 is 0 Å². The van der Waals surface area contributed by atoms with Crippen molar-refractivity contribution in [1.82, 2.24) is 25.6 Å². The third-order valence-electron chi connectivity index (χ3n) is 7.52. The molecule has 2 fully saturated rings. The molecular weight excluding hydrogens is 464 g/mol. The quantitative estimate of drug-likeness (QED) is 0.396. The van der Waals surface area contributed by atoms with Crippen LogP contribution in [0.4, 0.5) is 23.3 Å². The lowest BCUT2D eigenvalue weighted by molar-refractivity contribution is -0.487. The van der Waals surface area contributed by atoms with Gasteiger partial charge in [-0.3, -0.25) is 4.79 Å². The van der Waals surface area contributed by atoms with Crippen LogP contribution in [0.1, 0.15) is 66.7 Å². The molecule has 3 heterocycles. The Morgan fingerprint density at radius 2 is 2.05 bits per heavy atom. The van der Waals surface area contributed by atoms with E-state index in [2.05, 4.69) is 50.2 Å². The van der Waals surface area contributed by atoms with Crippen molar-refractivity contribution in [2.75, 3.05) is 11.9 Å². The molecule has 6 rings (SSSR count). The van der Waals surface area contributed by atoms with Crippen molar-refractivity contribution in [3.8, 4) is 6.07 Å². The van der Waals surface area contributed by atoms with E-state index in [-0.39, 0.29) is 11.9 Å². The molecule has 188 valence electrons. The zero-order chi connectivity index (χ0) is 25.6. The smallest absolute Gasteiger partial charge is 0.260 e. The third-order valence-corrected chi connectivity index (χ3v) is 7.52. The van der Waals surface area contributed by atoms with E-state index in [1.165, 1.54) is 24.0 Å². The molecule has 0 radical (unpaired) electrons. The Bertz CT molecular complexity index is 1420. The van der Waals surface area contributed by atoms with Crippen LogP contribution in [-0.4, -0.2) is 33.4 Å². The lowest BCUT2D eigenvalue weighted by atomic mass is 9.88. The van der Waals surface area contributed by atoms with Crippen LogP contribution in [0.3, 0.4) is 0 Å². The lowest BCUT2D eigenvalue weighted by Gasteiger charge is -2.26. The van der Waals surface area contributed by atoms with Crippen LogP contribution in [0.5, 0.6) is 0 Å². The third kappa shape index (κ3) is 4.78. The van der Waals surface area contributed by atoms with Crippen LogP contribution in [0.15, 0.2) is 42.6 Å². The normalized spacial score (nSPS) is 17.5. The number of fused-ring (bicyclic) bond motifs is 2. The zero-order valence-electron chi connectivity index (χ0n) is 21.1. The van der Waals surface area contributed by atoms with Crippen molar-refractivity contribution in [3.05, 3.63) is 65.0 Å². The molecule has 3 aromatic rings. The Morgan fingerprint density at radius 3 is 2.81 bits per heavy atom. The Kier molecular flexibility index (Phi) is 5.66. The van der Waals surface area contributed by atoms with Gasteiger partial charge in [0.15, 0.2) is 0 Å². The molecule has 2 aromatic heterocycles. The number of nitrogens with one attached hydrogen (secondary N) is 3. The second-order valence-corrected chi connectivity index (χ2v) is 10.9. The number of amides is 1. The van der Waals surface area contributed by atoms with Crippen molar-refractivity contribution in [3.63, 3.8) is 0 Å². The van der Waals surface area contributed by atoms with E-state index in [1.54, 1.807) is 11.5 Å². The van der Waals surface area contributed by atoms with Gasteiger partial charge in [0.05, 0.1) is 23.4 Å². The van der Waals surface area contributed by atoms with Gasteiger partial charge >= 0.3 is 0 Å². The van der Waals surface area contributed by atoms with Crippen molar-refractivity contribution in [1.29, 1.82) is 5.26 Å². The molecule has 0 atom stereocenters. The lowest BCUT2D eigenvalue weighted by Crippen LogP contribution is -2.73. The molecule has 0 unspecified atom stereocenters. The average Bonchev–Trinajstić information content (AvgIpc) is 3.83. The molecule has 9 heteroatoms. The molecule has 0 bridgehead atoms. The minimum atomic E-state index is -0.727. The highest BCUT2D eigenvalue weighted by molar-refractivity contribution is 5.97. The second kappa shape index (κ2) is 8.91. The summed E-state index contributed by atoms with van der Waals surface area (Å²) in [6.45, 7) is 5.58. The molecule has 1 amide bonds. The van der Waals surface area contributed by atoms with Gasteiger partial charge in [0.1, 0.15) is 5.56 Å². The fraction of sp³-hybridized carbons (Fsp3) is 0.393. The van der Waals surface area contributed by atoms with Gasteiger partial charge in [-0.05, 0) is 68.9 Å². The van der Waals surface area contributed by atoms with Gasteiger partial charge in [-0.15, -0.1) is 0 Å². The molecule has 0 saturated heterocycles. The van der Waals surface area contributed by atoms with Crippen molar-refractivity contribution < 1.29 is 10.1 Å². The van der Waals surface area contributed by atoms with Gasteiger partial charge in [-0.2, -0.15) is 15.2 Å². The first-order valence-electron chi connectivity index (χ1n) is 12.9. The Hall–Kier alpha value is -3.87. The maximum atomic E-state index is 13.0. The van der Waals surface area contributed by atoms with Crippen molar-refractivity contribution in [2.45, 2.75) is 62.9 Å². The second-order valence-electron chi connectivity index (χ2n) is 10.9. The SMILES string of the molecule is CC(C)(C#N)c1cccc([NH2+]c2nc(Nc3ccc4c(c3)CNCC43CC3)ncc2C(=O)NC2CC2)n1. The van der Waals surface area contributed by atoms with Crippen LogP contribution < -0.4 is 21.3 Å². The van der Waals surface area contributed by atoms with Gasteiger partial charge < -0.3 is 16.0 Å². The maximum Gasteiger partial charge on any atom is 0.260 e. The number of rotatable bonds is 7. The minimum absolute atomic E-state index is 0.191. The van der Waals surface area contributed by atoms with Crippen LogP contribution in [0.2, 0.25) is 0 Å². The van der Waals surface area contributed by atoms with E-state index in [0.717, 1.165) is 31.6 Å². The molecule has 2 saturated carbocycles. The van der Waals surface area contributed by atoms with Gasteiger partial charge in [0.25, 0.3) is 5.91 Å². The summed E-state index contributed by atoms with van der Waals surface area (Å²) in [6.07, 6.45) is 6.04. The number of pyridine rings is 1. The first-order chi connectivity index (χ1) is 17.8. The number of quaternary nitrogens is 1. The Morgan fingerprint density at radius 1 is 1.22 bits per heavy atom. The molecule has 5 N–H and O–H groups in total. The molecular formula is C28H31N8O+. The number of benzene rings is 1. The predicted octanol–water partition coefficient (Wildman–Crippen LogP) is 2.97. The largest absolute Gasteiger partial charge is 0.349 e. The highest BCUT2D eigenvalue weighted by Crippen LogP contribution is 2.50. The van der Waals surface area contributed by atoms with Crippen molar-refractivity contribution >= 4 is 29.2 Å². The number of nitriles is 1. The summed E-state index contributed by atoms with van der Waals surface area (Å²) in [4.78, 5) is 26.8. The fourth-order valence-electron chi connectivity index (χ4n) is 4.90. The number of anilines is 2. The summed E-state index contributed by atoms with van der Waals surface area (Å²) in [6, 6.07) is 14.5. The van der Waals surface area contributed by atoms with Gasteiger partial charge in [0.2, 0.25) is 17.6 Å². The molecule has 37 heavy (non-hydrogen) atoms. The van der Waals surface area contributed by atoms with Crippen LogP contribution in [0.25, 0.3) is 0 Å². The van der Waals surface area contributed by atoms with E-state index < -0.39 is 5.41 Å². The number of aromatic nitrogens is 3. The number of nitrogens with zero attached hydrogens (tertiary/aromatic N) is 4. The molecule has 3 aliphatic rings. The van der Waals surface area contributed by atoms with Crippen molar-refractivity contribution in [2.24, 2.45) is 0 Å². The number of hydrogen-bond acceptors (Lipinski definition) is 7. The number of nitrogens with two attached hydrogens (primary N) is 1.